The minimum atomic E-state index is -4.50. The van der Waals surface area contributed by atoms with Crippen molar-refractivity contribution in [2.75, 3.05) is 0 Å². The lowest BCUT2D eigenvalue weighted by Crippen LogP contribution is -2.44. The van der Waals surface area contributed by atoms with Gasteiger partial charge in [-0.3, -0.25) is 4.74 Å². The summed E-state index contributed by atoms with van der Waals surface area (Å²) in [5, 5.41) is 0. The second-order valence-corrected chi connectivity index (χ2v) is 2.42. The number of nitrogens with two attached hydrogens (primary N) is 1. The Bertz CT molecular complexity index is 123. The van der Waals surface area contributed by atoms with Crippen molar-refractivity contribution >= 4 is 12.4 Å². The number of rotatable bonds is 1. The van der Waals surface area contributed by atoms with Crippen LogP contribution in [0.15, 0.2) is 0 Å². The number of ether oxygens (including phenoxy) is 1. The van der Waals surface area contributed by atoms with Crippen molar-refractivity contribution in [1.82, 2.24) is 0 Å². The van der Waals surface area contributed by atoms with E-state index in [1.165, 1.54) is 0 Å². The zero-order valence-corrected chi connectivity index (χ0v) is 6.41. The molecular formula is C5H9ClF3NO. The highest BCUT2D eigenvalue weighted by Crippen LogP contribution is 2.28. The number of hydrogen-bond acceptors (Lipinski definition) is 2. The first-order chi connectivity index (χ1) is 4.47. The Morgan fingerprint density at radius 3 is 2.00 bits per heavy atom. The Hall–Kier alpha value is -0.0000000000000000555. The second-order valence-electron chi connectivity index (χ2n) is 2.42. The summed E-state index contributed by atoms with van der Waals surface area (Å²) >= 11 is 0. The van der Waals surface area contributed by atoms with Gasteiger partial charge in [0, 0.05) is 6.04 Å². The summed E-state index contributed by atoms with van der Waals surface area (Å²) in [7, 11) is 0. The minimum Gasteiger partial charge on any atom is -0.328 e. The van der Waals surface area contributed by atoms with Crippen LogP contribution in [0.5, 0.6) is 0 Å². The lowest BCUT2D eigenvalue weighted by atomic mass is 9.90. The number of halogens is 4. The van der Waals surface area contributed by atoms with Gasteiger partial charge in [-0.1, -0.05) is 0 Å². The van der Waals surface area contributed by atoms with Crippen molar-refractivity contribution in [3.8, 4) is 0 Å². The molecule has 6 heteroatoms. The fraction of sp³-hybridized carbons (Fsp3) is 1.00. The Kier molecular flexibility index (Phi) is 3.60. The summed E-state index contributed by atoms with van der Waals surface area (Å²) in [6.07, 6.45) is -4.56. The topological polar surface area (TPSA) is 35.2 Å². The number of hydrogen-bond donors (Lipinski definition) is 1. The van der Waals surface area contributed by atoms with E-state index in [0.717, 1.165) is 0 Å². The standard InChI is InChI=1S/C5H8F3NO.ClH/c6-5(7,8)10-4-1-3(9)2-4;/h3-4H,1-2,9H2;1H/t3-,4+;. The van der Waals surface area contributed by atoms with Crippen LogP contribution < -0.4 is 5.73 Å². The highest BCUT2D eigenvalue weighted by molar-refractivity contribution is 5.85. The molecule has 1 rings (SSSR count). The Morgan fingerprint density at radius 2 is 1.73 bits per heavy atom. The predicted octanol–water partition coefficient (Wildman–Crippen LogP) is 1.43. The summed E-state index contributed by atoms with van der Waals surface area (Å²) < 4.78 is 37.8. The van der Waals surface area contributed by atoms with E-state index >= 15 is 0 Å². The van der Waals surface area contributed by atoms with E-state index < -0.39 is 12.5 Å². The van der Waals surface area contributed by atoms with E-state index in [1.54, 1.807) is 0 Å². The van der Waals surface area contributed by atoms with E-state index in [4.69, 9.17) is 5.73 Å². The maximum Gasteiger partial charge on any atom is 0.522 e. The zero-order chi connectivity index (χ0) is 7.78. The van der Waals surface area contributed by atoms with Gasteiger partial charge < -0.3 is 5.73 Å². The maximum atomic E-state index is 11.4. The molecule has 0 spiro atoms. The van der Waals surface area contributed by atoms with Crippen LogP contribution in [0.1, 0.15) is 12.8 Å². The summed E-state index contributed by atoms with van der Waals surface area (Å²) in [5.74, 6) is 0. The first kappa shape index (κ1) is 11.0. The SMILES string of the molecule is Cl.N[C@H]1C[C@@H](OC(F)(F)F)C1. The molecule has 0 atom stereocenters. The molecule has 0 aromatic carbocycles. The molecule has 0 bridgehead atoms. The molecular weight excluding hydrogens is 183 g/mol. The molecule has 0 unspecified atom stereocenters. The molecule has 0 saturated heterocycles. The molecule has 0 radical (unpaired) electrons. The monoisotopic (exact) mass is 191 g/mol. The van der Waals surface area contributed by atoms with Gasteiger partial charge in [-0.05, 0) is 12.8 Å². The summed E-state index contributed by atoms with van der Waals surface area (Å²) in [5.41, 5.74) is 5.24. The van der Waals surface area contributed by atoms with Gasteiger partial charge >= 0.3 is 6.36 Å². The van der Waals surface area contributed by atoms with Crippen LogP contribution in [0, 0.1) is 0 Å². The van der Waals surface area contributed by atoms with Crippen molar-refractivity contribution in [2.45, 2.75) is 31.3 Å². The van der Waals surface area contributed by atoms with Crippen LogP contribution in [-0.4, -0.2) is 18.5 Å². The Morgan fingerprint density at radius 1 is 1.27 bits per heavy atom. The molecule has 0 aromatic heterocycles. The zero-order valence-electron chi connectivity index (χ0n) is 5.60. The van der Waals surface area contributed by atoms with E-state index in [1.807, 2.05) is 0 Å². The number of alkyl halides is 3. The van der Waals surface area contributed by atoms with Gasteiger partial charge in [0.2, 0.25) is 0 Å². The lowest BCUT2D eigenvalue weighted by molar-refractivity contribution is -0.351. The Labute approximate surface area is 68.3 Å². The van der Waals surface area contributed by atoms with Gasteiger partial charge in [0.1, 0.15) is 0 Å². The molecule has 1 aliphatic rings. The molecule has 0 aliphatic heterocycles. The van der Waals surface area contributed by atoms with E-state index in [0.29, 0.717) is 12.8 Å². The first-order valence-electron chi connectivity index (χ1n) is 2.97. The molecule has 0 aromatic rings. The summed E-state index contributed by atoms with van der Waals surface area (Å²) in [6, 6.07) is -0.104. The average molecular weight is 192 g/mol. The summed E-state index contributed by atoms with van der Waals surface area (Å²) in [4.78, 5) is 0. The Balaban J connectivity index is 0.000001000. The van der Waals surface area contributed by atoms with Gasteiger partial charge in [0.05, 0.1) is 6.10 Å². The van der Waals surface area contributed by atoms with Crippen LogP contribution in [0.4, 0.5) is 13.2 Å². The normalized spacial score (nSPS) is 30.5. The van der Waals surface area contributed by atoms with Gasteiger partial charge in [-0.15, -0.1) is 25.6 Å². The van der Waals surface area contributed by atoms with Gasteiger partial charge in [0.15, 0.2) is 0 Å². The predicted molar refractivity (Wildman–Crippen MR) is 35.4 cm³/mol. The molecule has 0 heterocycles. The third-order valence-corrected chi connectivity index (χ3v) is 1.43. The van der Waals surface area contributed by atoms with Crippen LogP contribution in [0.3, 0.4) is 0 Å². The van der Waals surface area contributed by atoms with Crippen LogP contribution in [0.2, 0.25) is 0 Å². The van der Waals surface area contributed by atoms with Crippen LogP contribution >= 0.6 is 12.4 Å². The van der Waals surface area contributed by atoms with Crippen molar-refractivity contribution in [3.05, 3.63) is 0 Å². The smallest absolute Gasteiger partial charge is 0.328 e. The molecule has 2 N–H and O–H groups in total. The molecule has 1 aliphatic carbocycles. The molecule has 2 nitrogen and oxygen atoms in total. The van der Waals surface area contributed by atoms with Crippen LogP contribution in [0.25, 0.3) is 0 Å². The highest BCUT2D eigenvalue weighted by Gasteiger charge is 2.38. The van der Waals surface area contributed by atoms with E-state index in [-0.39, 0.29) is 18.4 Å². The maximum absolute atomic E-state index is 11.4. The van der Waals surface area contributed by atoms with Gasteiger partial charge in [-0.2, -0.15) is 0 Å². The van der Waals surface area contributed by atoms with Crippen molar-refractivity contribution in [1.29, 1.82) is 0 Å². The summed E-state index contributed by atoms with van der Waals surface area (Å²) in [6.45, 7) is 0. The van der Waals surface area contributed by atoms with Gasteiger partial charge in [0.25, 0.3) is 0 Å². The largest absolute Gasteiger partial charge is 0.522 e. The fourth-order valence-corrected chi connectivity index (χ4v) is 0.892. The first-order valence-corrected chi connectivity index (χ1v) is 2.97. The molecule has 1 fully saturated rings. The van der Waals surface area contributed by atoms with Gasteiger partial charge in [-0.25, -0.2) is 0 Å². The van der Waals surface area contributed by atoms with E-state index in [2.05, 4.69) is 4.74 Å². The van der Waals surface area contributed by atoms with Crippen molar-refractivity contribution < 1.29 is 17.9 Å². The molecule has 11 heavy (non-hydrogen) atoms. The molecule has 0 amide bonds. The van der Waals surface area contributed by atoms with Crippen molar-refractivity contribution in [3.63, 3.8) is 0 Å². The highest BCUT2D eigenvalue weighted by atomic mass is 35.5. The third kappa shape index (κ3) is 3.79. The minimum absolute atomic E-state index is 0. The van der Waals surface area contributed by atoms with E-state index in [9.17, 15) is 13.2 Å². The van der Waals surface area contributed by atoms with Crippen LogP contribution in [-0.2, 0) is 4.74 Å². The quantitative estimate of drug-likeness (QED) is 0.681. The third-order valence-electron chi connectivity index (χ3n) is 1.43. The molecule has 1 saturated carbocycles. The molecule has 68 valence electrons. The lowest BCUT2D eigenvalue weighted by Gasteiger charge is -2.32. The average Bonchev–Trinajstić information content (AvgIpc) is 1.57. The van der Waals surface area contributed by atoms with Crippen molar-refractivity contribution in [2.24, 2.45) is 5.73 Å². The fourth-order valence-electron chi connectivity index (χ4n) is 0.892. The second kappa shape index (κ2) is 3.60.